The highest BCUT2D eigenvalue weighted by atomic mass is 79.9. The zero-order chi connectivity index (χ0) is 20.9. The normalized spacial score (nSPS) is 22.1. The fraction of sp³-hybridized carbons (Fsp3) is 0.650. The molecule has 2 aliphatic heterocycles. The summed E-state index contributed by atoms with van der Waals surface area (Å²) in [7, 11) is -1.90. The molecule has 1 N–H and O–H groups in total. The monoisotopic (exact) mass is 487 g/mol. The Morgan fingerprint density at radius 1 is 1.14 bits per heavy atom. The van der Waals surface area contributed by atoms with Crippen LogP contribution in [0.3, 0.4) is 0 Å². The fourth-order valence-corrected chi connectivity index (χ4v) is 6.20. The molecule has 7 nitrogen and oxygen atoms in total. The molecule has 162 valence electrons. The number of benzene rings is 1. The van der Waals surface area contributed by atoms with Gasteiger partial charge < -0.3 is 10.1 Å². The molecule has 1 aromatic rings. The number of nitrogens with zero attached hydrogens (tertiary/aromatic N) is 2. The number of nitrogens with one attached hydrogen (secondary N) is 1. The highest BCUT2D eigenvalue weighted by Crippen LogP contribution is 2.25. The summed E-state index contributed by atoms with van der Waals surface area (Å²) in [6.45, 7) is 2.25. The first-order valence-corrected chi connectivity index (χ1v) is 12.5. The summed E-state index contributed by atoms with van der Waals surface area (Å²) in [6.07, 6.45) is 5.38. The van der Waals surface area contributed by atoms with Gasteiger partial charge in [0.2, 0.25) is 5.91 Å². The minimum absolute atomic E-state index is 0.109. The predicted octanol–water partition coefficient (Wildman–Crippen LogP) is 2.91. The van der Waals surface area contributed by atoms with E-state index in [2.05, 4.69) is 21.2 Å². The van der Waals surface area contributed by atoms with Gasteiger partial charge in [0.1, 0.15) is 5.75 Å². The minimum Gasteiger partial charge on any atom is -0.496 e. The second kappa shape index (κ2) is 10.2. The number of halogens is 1. The van der Waals surface area contributed by atoms with E-state index in [0.29, 0.717) is 44.8 Å². The van der Waals surface area contributed by atoms with Crippen LogP contribution in [0, 0.1) is 5.92 Å². The number of methoxy groups -OCH3 is 1. The molecule has 0 aliphatic carbocycles. The van der Waals surface area contributed by atoms with Crippen LogP contribution in [0.25, 0.3) is 0 Å². The van der Waals surface area contributed by atoms with Gasteiger partial charge in [-0.25, -0.2) is 0 Å². The second-order valence-electron chi connectivity index (χ2n) is 7.69. The van der Waals surface area contributed by atoms with Crippen LogP contribution in [0.5, 0.6) is 5.75 Å². The third-order valence-corrected chi connectivity index (χ3v) is 8.16. The lowest BCUT2D eigenvalue weighted by Crippen LogP contribution is -2.50. The van der Waals surface area contributed by atoms with Gasteiger partial charge in [-0.2, -0.15) is 17.0 Å². The number of amides is 1. The van der Waals surface area contributed by atoms with Crippen LogP contribution in [0.15, 0.2) is 22.7 Å². The molecule has 1 amide bonds. The molecule has 0 bridgehead atoms. The molecule has 1 aromatic carbocycles. The molecule has 0 radical (unpaired) electrons. The molecular formula is C20H30BrN3O4S. The maximum Gasteiger partial charge on any atom is 0.281 e. The van der Waals surface area contributed by atoms with Gasteiger partial charge in [-0.15, -0.1) is 0 Å². The molecule has 0 saturated carbocycles. The molecule has 0 spiro atoms. The summed E-state index contributed by atoms with van der Waals surface area (Å²) in [5.41, 5.74) is 0.875. The van der Waals surface area contributed by atoms with E-state index in [-0.39, 0.29) is 18.4 Å². The number of hydrogen-bond acceptors (Lipinski definition) is 4. The lowest BCUT2D eigenvalue weighted by molar-refractivity contribution is -0.126. The molecular weight excluding hydrogens is 458 g/mol. The van der Waals surface area contributed by atoms with Crippen LogP contribution in [-0.2, 0) is 21.5 Å². The Labute approximate surface area is 182 Å². The highest BCUT2D eigenvalue weighted by molar-refractivity contribution is 9.10. The zero-order valence-electron chi connectivity index (χ0n) is 16.9. The number of carbonyl (C=O) groups is 1. The first-order valence-electron chi connectivity index (χ1n) is 10.3. The summed E-state index contributed by atoms with van der Waals surface area (Å²) in [4.78, 5) is 12.8. The lowest BCUT2D eigenvalue weighted by atomic mass is 9.98. The van der Waals surface area contributed by atoms with Gasteiger partial charge in [0, 0.05) is 42.8 Å². The highest BCUT2D eigenvalue weighted by Gasteiger charge is 2.35. The smallest absolute Gasteiger partial charge is 0.281 e. The standard InChI is InChI=1S/C20H30BrN3O4S/c1-28-19-9-8-18(21)13-17(19)14-22-20(25)16-7-6-12-24(15-16)29(26,27)23-10-4-2-3-5-11-23/h8-9,13,16H,2-7,10-12,14-15H2,1H3,(H,22,25). The van der Waals surface area contributed by atoms with E-state index < -0.39 is 10.2 Å². The van der Waals surface area contributed by atoms with E-state index in [1.54, 1.807) is 11.4 Å². The van der Waals surface area contributed by atoms with Gasteiger partial charge in [-0.1, -0.05) is 28.8 Å². The molecule has 29 heavy (non-hydrogen) atoms. The van der Waals surface area contributed by atoms with E-state index in [4.69, 9.17) is 4.74 Å². The third kappa shape index (κ3) is 5.71. The van der Waals surface area contributed by atoms with E-state index in [9.17, 15) is 13.2 Å². The Morgan fingerprint density at radius 3 is 2.52 bits per heavy atom. The van der Waals surface area contributed by atoms with Gasteiger partial charge in [-0.3, -0.25) is 4.79 Å². The van der Waals surface area contributed by atoms with Crippen molar-refractivity contribution in [2.45, 2.75) is 45.1 Å². The molecule has 0 aromatic heterocycles. The van der Waals surface area contributed by atoms with Crippen molar-refractivity contribution < 1.29 is 17.9 Å². The number of piperidine rings is 1. The molecule has 3 rings (SSSR count). The van der Waals surface area contributed by atoms with Crippen molar-refractivity contribution in [1.29, 1.82) is 0 Å². The Hall–Kier alpha value is -1.16. The molecule has 2 fully saturated rings. The van der Waals surface area contributed by atoms with E-state index in [0.717, 1.165) is 35.7 Å². The van der Waals surface area contributed by atoms with Crippen molar-refractivity contribution in [1.82, 2.24) is 13.9 Å². The Balaban J connectivity index is 1.61. The summed E-state index contributed by atoms with van der Waals surface area (Å²) in [5, 5.41) is 2.96. The summed E-state index contributed by atoms with van der Waals surface area (Å²) in [5.74, 6) is 0.272. The van der Waals surface area contributed by atoms with Gasteiger partial charge in [0.05, 0.1) is 13.0 Å². The van der Waals surface area contributed by atoms with E-state index in [1.165, 1.54) is 4.31 Å². The molecule has 2 aliphatic rings. The van der Waals surface area contributed by atoms with Crippen molar-refractivity contribution in [3.8, 4) is 5.75 Å². The van der Waals surface area contributed by atoms with Crippen molar-refractivity contribution in [3.05, 3.63) is 28.2 Å². The molecule has 1 atom stereocenters. The fourth-order valence-electron chi connectivity index (χ4n) is 4.01. The van der Waals surface area contributed by atoms with E-state index in [1.807, 2.05) is 18.2 Å². The maximum absolute atomic E-state index is 13.1. The average Bonchev–Trinajstić information content (AvgIpc) is 3.02. The molecule has 9 heteroatoms. The van der Waals surface area contributed by atoms with Crippen molar-refractivity contribution in [2.75, 3.05) is 33.3 Å². The SMILES string of the molecule is COc1ccc(Br)cc1CNC(=O)C1CCCN(S(=O)(=O)N2CCCCCC2)C1. The zero-order valence-corrected chi connectivity index (χ0v) is 19.3. The predicted molar refractivity (Wildman–Crippen MR) is 116 cm³/mol. The summed E-state index contributed by atoms with van der Waals surface area (Å²) >= 11 is 3.44. The average molecular weight is 488 g/mol. The van der Waals surface area contributed by atoms with Gasteiger partial charge in [0.15, 0.2) is 0 Å². The van der Waals surface area contributed by atoms with Crippen LogP contribution in [0.1, 0.15) is 44.1 Å². The third-order valence-electron chi connectivity index (χ3n) is 5.67. The maximum atomic E-state index is 13.1. The summed E-state index contributed by atoms with van der Waals surface area (Å²) in [6, 6.07) is 5.65. The van der Waals surface area contributed by atoms with Crippen molar-refractivity contribution >= 4 is 32.0 Å². The minimum atomic E-state index is -3.50. The van der Waals surface area contributed by atoms with Gasteiger partial charge >= 0.3 is 0 Å². The van der Waals surface area contributed by atoms with Crippen LogP contribution in [0.2, 0.25) is 0 Å². The quantitative estimate of drug-likeness (QED) is 0.668. The number of carbonyl (C=O) groups excluding carboxylic acids is 1. The first kappa shape index (κ1) is 22.5. The van der Waals surface area contributed by atoms with E-state index >= 15 is 0 Å². The van der Waals surface area contributed by atoms with Crippen molar-refractivity contribution in [3.63, 3.8) is 0 Å². The number of rotatable bonds is 6. The van der Waals surface area contributed by atoms with Crippen LogP contribution >= 0.6 is 15.9 Å². The molecule has 1 unspecified atom stereocenters. The number of ether oxygens (including phenoxy) is 1. The number of hydrogen-bond donors (Lipinski definition) is 1. The summed E-state index contributed by atoms with van der Waals surface area (Å²) < 4.78 is 35.5. The molecule has 2 heterocycles. The molecule has 2 saturated heterocycles. The Morgan fingerprint density at radius 2 is 1.83 bits per heavy atom. The van der Waals surface area contributed by atoms with Crippen LogP contribution in [0.4, 0.5) is 0 Å². The van der Waals surface area contributed by atoms with Crippen LogP contribution in [-0.4, -0.2) is 56.2 Å². The topological polar surface area (TPSA) is 79.0 Å². The largest absolute Gasteiger partial charge is 0.496 e. The first-order chi connectivity index (χ1) is 13.9. The second-order valence-corrected chi connectivity index (χ2v) is 10.5. The van der Waals surface area contributed by atoms with Crippen LogP contribution < -0.4 is 10.1 Å². The lowest BCUT2D eigenvalue weighted by Gasteiger charge is -2.34. The Kier molecular flexibility index (Phi) is 7.95. The Bertz CT molecular complexity index is 810. The van der Waals surface area contributed by atoms with Crippen molar-refractivity contribution in [2.24, 2.45) is 5.92 Å². The van der Waals surface area contributed by atoms with Gasteiger partial charge in [-0.05, 0) is 43.9 Å². The van der Waals surface area contributed by atoms with Gasteiger partial charge in [0.25, 0.3) is 10.2 Å².